The lowest BCUT2D eigenvalue weighted by Crippen LogP contribution is -2.51. The molecule has 214 valence electrons. The van der Waals surface area contributed by atoms with Gasteiger partial charge in [-0.15, -0.1) is 11.8 Å². The van der Waals surface area contributed by atoms with Gasteiger partial charge in [0, 0.05) is 37.8 Å². The monoisotopic (exact) mass is 612 g/mol. The fourth-order valence-corrected chi connectivity index (χ4v) is 8.10. The Kier molecular flexibility index (Phi) is 8.63. The van der Waals surface area contributed by atoms with Gasteiger partial charge in [0.05, 0.1) is 22.2 Å². The Labute approximate surface area is 240 Å². The predicted octanol–water partition coefficient (Wildman–Crippen LogP) is 5.83. The third kappa shape index (κ3) is 6.11. The molecule has 13 heteroatoms. The van der Waals surface area contributed by atoms with Gasteiger partial charge in [0.15, 0.2) is 0 Å². The molecule has 0 bridgehead atoms. The van der Waals surface area contributed by atoms with Crippen molar-refractivity contribution in [2.24, 2.45) is 5.92 Å². The molecule has 3 aromatic rings. The first-order chi connectivity index (χ1) is 19.1. The Balaban J connectivity index is 1.52. The molecule has 1 aromatic heterocycles. The Bertz CT molecular complexity index is 1460. The van der Waals surface area contributed by atoms with Gasteiger partial charge in [0.1, 0.15) is 5.03 Å². The van der Waals surface area contributed by atoms with Crippen LogP contribution in [0.3, 0.4) is 0 Å². The Morgan fingerprint density at radius 3 is 2.35 bits per heavy atom. The summed E-state index contributed by atoms with van der Waals surface area (Å²) in [6, 6.07) is 17.3. The van der Waals surface area contributed by atoms with Crippen molar-refractivity contribution in [3.63, 3.8) is 0 Å². The van der Waals surface area contributed by atoms with Crippen LogP contribution in [-0.4, -0.2) is 65.1 Å². The largest absolute Gasteiger partial charge is 0.392 e. The van der Waals surface area contributed by atoms with E-state index in [4.69, 9.17) is 11.6 Å². The molecule has 3 heterocycles. The summed E-state index contributed by atoms with van der Waals surface area (Å²) in [5.41, 5.74) is 1.15. The van der Waals surface area contributed by atoms with Crippen LogP contribution in [0.25, 0.3) is 0 Å². The molecule has 2 aliphatic heterocycles. The topological polar surface area (TPSA) is 75.5 Å². The lowest BCUT2D eigenvalue weighted by atomic mass is 9.83. The van der Waals surface area contributed by atoms with Gasteiger partial charge in [-0.25, -0.2) is 0 Å². The molecule has 2 unspecified atom stereocenters. The van der Waals surface area contributed by atoms with E-state index in [1.165, 1.54) is 28.2 Å². The fourth-order valence-electron chi connectivity index (χ4n) is 5.20. The Hall–Kier alpha value is -2.38. The van der Waals surface area contributed by atoms with Crippen molar-refractivity contribution in [2.75, 3.05) is 26.2 Å². The third-order valence-electron chi connectivity index (χ3n) is 7.32. The normalized spacial score (nSPS) is 21.1. The standard InChI is InChI=1S/C27H28ClF3N4O3S2/c28-23-11-5-4-10-20(23)26(36)35-25(39-18-19-8-2-1-3-9-19)16-24(32-35)21-17-34(15-12-22(21)27(29,30)31)40(37,38)33-13-6-7-14-33/h1-5,8-11,16,21-22H,6-7,12-15,17-18H2. The number of piperidine rings is 1. The summed E-state index contributed by atoms with van der Waals surface area (Å²) in [6.45, 7) is 0.109. The van der Waals surface area contributed by atoms with Gasteiger partial charge >= 0.3 is 6.18 Å². The van der Waals surface area contributed by atoms with Crippen LogP contribution in [0.2, 0.25) is 5.02 Å². The van der Waals surface area contributed by atoms with Crippen LogP contribution in [0.15, 0.2) is 65.7 Å². The summed E-state index contributed by atoms with van der Waals surface area (Å²) in [5.74, 6) is -3.20. The second kappa shape index (κ2) is 11.8. The lowest BCUT2D eigenvalue weighted by Gasteiger charge is -2.39. The van der Waals surface area contributed by atoms with Gasteiger partial charge < -0.3 is 0 Å². The first-order valence-corrected chi connectivity index (χ1v) is 15.7. The van der Waals surface area contributed by atoms with Crippen molar-refractivity contribution in [1.29, 1.82) is 0 Å². The average Bonchev–Trinajstić information content (AvgIpc) is 3.63. The van der Waals surface area contributed by atoms with E-state index in [2.05, 4.69) is 5.10 Å². The van der Waals surface area contributed by atoms with Crippen LogP contribution in [0.4, 0.5) is 13.2 Å². The highest BCUT2D eigenvalue weighted by Crippen LogP contribution is 2.44. The van der Waals surface area contributed by atoms with E-state index in [0.29, 0.717) is 23.9 Å². The highest BCUT2D eigenvalue weighted by molar-refractivity contribution is 7.98. The number of alkyl halides is 3. The zero-order chi connectivity index (χ0) is 28.5. The molecule has 2 fully saturated rings. The van der Waals surface area contributed by atoms with Gasteiger partial charge in [-0.3, -0.25) is 4.79 Å². The molecule has 2 aliphatic rings. The highest BCUT2D eigenvalue weighted by atomic mass is 35.5. The number of nitrogens with zero attached hydrogens (tertiary/aromatic N) is 4. The molecular weight excluding hydrogens is 585 g/mol. The van der Waals surface area contributed by atoms with Crippen molar-refractivity contribution in [3.8, 4) is 0 Å². The van der Waals surface area contributed by atoms with Gasteiger partial charge in [0.2, 0.25) is 0 Å². The molecule has 0 spiro atoms. The van der Waals surface area contributed by atoms with E-state index < -0.39 is 34.1 Å². The number of carbonyl (C=O) groups excluding carboxylic acids is 1. The summed E-state index contributed by atoms with van der Waals surface area (Å²) in [5, 5.41) is 4.94. The fraction of sp³-hybridized carbons (Fsp3) is 0.407. The minimum absolute atomic E-state index is 0.0274. The van der Waals surface area contributed by atoms with Crippen molar-refractivity contribution in [1.82, 2.24) is 18.4 Å². The van der Waals surface area contributed by atoms with E-state index in [1.54, 1.807) is 18.2 Å². The molecule has 2 saturated heterocycles. The molecular formula is C27H28ClF3N4O3S2. The SMILES string of the molecule is O=C(c1ccccc1Cl)n1nc(C2CN(S(=O)(=O)N3CCCC3)CCC2C(F)(F)F)cc1SCc1ccccc1. The number of halogens is 4. The Morgan fingerprint density at radius 2 is 1.68 bits per heavy atom. The Morgan fingerprint density at radius 1 is 1.00 bits per heavy atom. The van der Waals surface area contributed by atoms with Crippen LogP contribution in [0.5, 0.6) is 0 Å². The van der Waals surface area contributed by atoms with Crippen molar-refractivity contribution in [2.45, 2.75) is 42.1 Å². The number of hydrogen-bond donors (Lipinski definition) is 0. The highest BCUT2D eigenvalue weighted by Gasteiger charge is 2.51. The van der Waals surface area contributed by atoms with Crippen molar-refractivity contribution >= 4 is 39.5 Å². The molecule has 7 nitrogen and oxygen atoms in total. The molecule has 0 radical (unpaired) electrons. The summed E-state index contributed by atoms with van der Waals surface area (Å²) in [6.07, 6.45) is -3.52. The minimum atomic E-state index is -4.57. The van der Waals surface area contributed by atoms with Gasteiger partial charge in [-0.1, -0.05) is 54.1 Å². The third-order valence-corrected chi connectivity index (χ3v) is 10.7. The molecule has 5 rings (SSSR count). The maximum Gasteiger partial charge on any atom is 0.392 e. The van der Waals surface area contributed by atoms with E-state index in [-0.39, 0.29) is 35.8 Å². The first kappa shape index (κ1) is 29.1. The van der Waals surface area contributed by atoms with Crippen LogP contribution in [0.1, 0.15) is 46.8 Å². The smallest absolute Gasteiger partial charge is 0.267 e. The van der Waals surface area contributed by atoms with Crippen LogP contribution >= 0.6 is 23.4 Å². The lowest BCUT2D eigenvalue weighted by molar-refractivity contribution is -0.188. The van der Waals surface area contributed by atoms with Crippen LogP contribution < -0.4 is 0 Å². The van der Waals surface area contributed by atoms with Gasteiger partial charge in [0.25, 0.3) is 16.1 Å². The molecule has 0 N–H and O–H groups in total. The zero-order valence-corrected chi connectivity index (χ0v) is 23.8. The number of carbonyl (C=O) groups is 1. The van der Waals surface area contributed by atoms with Crippen LogP contribution in [0, 0.1) is 5.92 Å². The molecule has 40 heavy (non-hydrogen) atoms. The number of rotatable bonds is 7. The summed E-state index contributed by atoms with van der Waals surface area (Å²) in [7, 11) is -3.91. The zero-order valence-electron chi connectivity index (χ0n) is 21.4. The van der Waals surface area contributed by atoms with E-state index >= 15 is 0 Å². The molecule has 2 aromatic carbocycles. The van der Waals surface area contributed by atoms with E-state index in [1.807, 2.05) is 30.3 Å². The number of hydrogen-bond acceptors (Lipinski definition) is 5. The second-order valence-electron chi connectivity index (χ2n) is 9.89. The summed E-state index contributed by atoms with van der Waals surface area (Å²) < 4.78 is 72.8. The summed E-state index contributed by atoms with van der Waals surface area (Å²) >= 11 is 7.53. The first-order valence-electron chi connectivity index (χ1n) is 12.9. The molecule has 0 saturated carbocycles. The van der Waals surface area contributed by atoms with Gasteiger partial charge in [-0.2, -0.15) is 40.0 Å². The van der Waals surface area contributed by atoms with E-state index in [0.717, 1.165) is 27.4 Å². The van der Waals surface area contributed by atoms with Crippen molar-refractivity contribution < 1.29 is 26.4 Å². The maximum atomic E-state index is 14.3. The average molecular weight is 613 g/mol. The molecule has 0 amide bonds. The predicted molar refractivity (Wildman–Crippen MR) is 148 cm³/mol. The van der Waals surface area contributed by atoms with Crippen molar-refractivity contribution in [3.05, 3.63) is 82.5 Å². The van der Waals surface area contributed by atoms with E-state index in [9.17, 15) is 26.4 Å². The maximum absolute atomic E-state index is 14.3. The van der Waals surface area contributed by atoms with Gasteiger partial charge in [-0.05, 0) is 43.0 Å². The molecule has 0 aliphatic carbocycles. The molecule has 2 atom stereocenters. The quantitative estimate of drug-likeness (QED) is 0.314. The second-order valence-corrected chi connectivity index (χ2v) is 13.2. The minimum Gasteiger partial charge on any atom is -0.267 e. The van der Waals surface area contributed by atoms with Crippen LogP contribution in [-0.2, 0) is 16.0 Å². The summed E-state index contributed by atoms with van der Waals surface area (Å²) in [4.78, 5) is 13.5. The number of benzene rings is 2. The number of thioether (sulfide) groups is 1. The number of aromatic nitrogens is 2.